The third-order valence-corrected chi connectivity index (χ3v) is 4.07. The Balaban J connectivity index is 2.02. The van der Waals surface area contributed by atoms with E-state index >= 15 is 0 Å². The summed E-state index contributed by atoms with van der Waals surface area (Å²) in [5.41, 5.74) is 1.06. The number of allylic oxidation sites excluding steroid dienone is 1. The molecule has 1 aromatic carbocycles. The lowest BCUT2D eigenvalue weighted by atomic mass is 10.1. The summed E-state index contributed by atoms with van der Waals surface area (Å²) in [5.74, 6) is -0.00730. The molecule has 1 aliphatic heterocycles. The van der Waals surface area contributed by atoms with Crippen LogP contribution in [-0.4, -0.2) is 41.9 Å². The van der Waals surface area contributed by atoms with Gasteiger partial charge in [-0.1, -0.05) is 23.8 Å². The second-order valence-corrected chi connectivity index (χ2v) is 6.35. The largest absolute Gasteiger partial charge is 0.416 e. The third-order valence-electron chi connectivity index (χ3n) is 4.07. The fourth-order valence-electron chi connectivity index (χ4n) is 2.64. The molecule has 3 nitrogen and oxygen atoms in total. The molecule has 132 valence electrons. The Kier molecular flexibility index (Phi) is 6.04. The van der Waals surface area contributed by atoms with Crippen LogP contribution in [0.15, 0.2) is 35.9 Å². The van der Waals surface area contributed by atoms with E-state index in [0.717, 1.165) is 25.2 Å². The smallest absolute Gasteiger partial charge is 0.337 e. The van der Waals surface area contributed by atoms with Crippen LogP contribution in [0.2, 0.25) is 0 Å². The lowest BCUT2D eigenvalue weighted by molar-refractivity contribution is -0.137. The molecular weight excluding hydrogens is 317 g/mol. The summed E-state index contributed by atoms with van der Waals surface area (Å²) < 4.78 is 38.4. The van der Waals surface area contributed by atoms with Gasteiger partial charge in [-0.05, 0) is 31.5 Å². The summed E-state index contributed by atoms with van der Waals surface area (Å²) in [6, 6.07) is 5.20. The van der Waals surface area contributed by atoms with Crippen LogP contribution in [-0.2, 0) is 17.5 Å². The summed E-state index contributed by atoms with van der Waals surface area (Å²) in [4.78, 5) is 16.1. The minimum Gasteiger partial charge on any atom is -0.337 e. The average Bonchev–Trinajstić information content (AvgIpc) is 2.68. The van der Waals surface area contributed by atoms with Crippen LogP contribution in [0.3, 0.4) is 0 Å². The van der Waals surface area contributed by atoms with E-state index in [1.165, 1.54) is 11.6 Å². The highest BCUT2D eigenvalue weighted by Crippen LogP contribution is 2.29. The zero-order valence-corrected chi connectivity index (χ0v) is 14.1. The first-order valence-electron chi connectivity index (χ1n) is 8.05. The Bertz CT molecular complexity index is 607. The second kappa shape index (κ2) is 7.83. The van der Waals surface area contributed by atoms with Gasteiger partial charge in [0.15, 0.2) is 0 Å². The molecule has 1 amide bonds. The molecule has 1 fully saturated rings. The second-order valence-electron chi connectivity index (χ2n) is 6.35. The number of hydrogen-bond acceptors (Lipinski definition) is 2. The van der Waals surface area contributed by atoms with E-state index in [9.17, 15) is 18.0 Å². The zero-order chi connectivity index (χ0) is 17.7. The molecule has 0 radical (unpaired) electrons. The Labute approximate surface area is 140 Å². The van der Waals surface area contributed by atoms with Gasteiger partial charge >= 0.3 is 6.18 Å². The van der Waals surface area contributed by atoms with Gasteiger partial charge in [-0.15, -0.1) is 0 Å². The molecule has 0 unspecified atom stereocenters. The normalized spacial score (nSPS) is 16.9. The van der Waals surface area contributed by atoms with E-state index in [4.69, 9.17) is 0 Å². The number of nitrogens with zero attached hydrogens (tertiary/aromatic N) is 2. The van der Waals surface area contributed by atoms with E-state index in [0.29, 0.717) is 25.1 Å². The average molecular weight is 340 g/mol. The van der Waals surface area contributed by atoms with E-state index in [1.807, 2.05) is 13.8 Å². The molecule has 1 aliphatic rings. The Morgan fingerprint density at radius 3 is 2.62 bits per heavy atom. The van der Waals surface area contributed by atoms with E-state index < -0.39 is 11.7 Å². The molecule has 0 aromatic heterocycles. The monoisotopic (exact) mass is 340 g/mol. The van der Waals surface area contributed by atoms with Gasteiger partial charge < -0.3 is 4.90 Å². The predicted molar refractivity (Wildman–Crippen MR) is 87.3 cm³/mol. The standard InChI is InChI=1S/C18H23F3N2O/c1-14(2)6-8-22-9-7-17(24)23(11-10-22)13-15-4-3-5-16(12-15)18(19,20)21/h3-6,12H,7-11,13H2,1-2H3. The van der Waals surface area contributed by atoms with Crippen LogP contribution in [0.1, 0.15) is 31.4 Å². The fourth-order valence-corrected chi connectivity index (χ4v) is 2.64. The highest BCUT2D eigenvalue weighted by Gasteiger charge is 2.30. The molecule has 0 aliphatic carbocycles. The molecule has 0 N–H and O–H groups in total. The minimum atomic E-state index is -4.36. The summed E-state index contributed by atoms with van der Waals surface area (Å²) in [6.45, 7) is 7.03. The predicted octanol–water partition coefficient (Wildman–Crippen LogP) is 3.71. The van der Waals surface area contributed by atoms with Crippen LogP contribution in [0.4, 0.5) is 13.2 Å². The number of alkyl halides is 3. The van der Waals surface area contributed by atoms with Crippen molar-refractivity contribution in [2.45, 2.75) is 33.0 Å². The van der Waals surface area contributed by atoms with Gasteiger partial charge in [0.2, 0.25) is 5.91 Å². The first kappa shape index (κ1) is 18.5. The van der Waals surface area contributed by atoms with Gasteiger partial charge in [0.25, 0.3) is 0 Å². The first-order chi connectivity index (χ1) is 11.3. The van der Waals surface area contributed by atoms with E-state index in [1.54, 1.807) is 11.0 Å². The lowest BCUT2D eigenvalue weighted by Crippen LogP contribution is -2.33. The van der Waals surface area contributed by atoms with Crippen LogP contribution < -0.4 is 0 Å². The van der Waals surface area contributed by atoms with Crippen LogP contribution in [0, 0.1) is 0 Å². The van der Waals surface area contributed by atoms with E-state index in [2.05, 4.69) is 11.0 Å². The zero-order valence-electron chi connectivity index (χ0n) is 14.1. The quantitative estimate of drug-likeness (QED) is 0.780. The van der Waals surface area contributed by atoms with Crippen LogP contribution >= 0.6 is 0 Å². The Hall–Kier alpha value is -1.82. The number of hydrogen-bond donors (Lipinski definition) is 0. The van der Waals surface area contributed by atoms with Gasteiger partial charge in [0.1, 0.15) is 0 Å². The maximum Gasteiger partial charge on any atom is 0.416 e. The SMILES string of the molecule is CC(C)=CCN1CCC(=O)N(Cc2cccc(C(F)(F)F)c2)CC1. The molecule has 2 rings (SSSR count). The van der Waals surface area contributed by atoms with Crippen molar-refractivity contribution < 1.29 is 18.0 Å². The highest BCUT2D eigenvalue weighted by molar-refractivity contribution is 5.76. The topological polar surface area (TPSA) is 23.6 Å². The van der Waals surface area contributed by atoms with Gasteiger partial charge in [0.05, 0.1) is 5.56 Å². The van der Waals surface area contributed by atoms with E-state index in [-0.39, 0.29) is 12.5 Å². The summed E-state index contributed by atoms with van der Waals surface area (Å²) in [5, 5.41) is 0. The van der Waals surface area contributed by atoms with Crippen LogP contribution in [0.5, 0.6) is 0 Å². The third kappa shape index (κ3) is 5.37. The van der Waals surface area contributed by atoms with Gasteiger partial charge in [0, 0.05) is 39.1 Å². The number of halogens is 3. The van der Waals surface area contributed by atoms with Crippen molar-refractivity contribution in [1.29, 1.82) is 0 Å². The molecule has 1 saturated heterocycles. The molecular formula is C18H23F3N2O. The van der Waals surface area contributed by atoms with Crippen molar-refractivity contribution in [2.75, 3.05) is 26.2 Å². The van der Waals surface area contributed by atoms with Gasteiger partial charge in [-0.25, -0.2) is 0 Å². The number of amides is 1. The Morgan fingerprint density at radius 1 is 1.21 bits per heavy atom. The number of benzene rings is 1. The van der Waals surface area contributed by atoms with Gasteiger partial charge in [-0.3, -0.25) is 9.69 Å². The molecule has 0 atom stereocenters. The highest BCUT2D eigenvalue weighted by atomic mass is 19.4. The maximum atomic E-state index is 12.8. The Morgan fingerprint density at radius 2 is 1.96 bits per heavy atom. The number of carbonyl (C=O) groups is 1. The van der Waals surface area contributed by atoms with Gasteiger partial charge in [-0.2, -0.15) is 13.2 Å². The summed E-state index contributed by atoms with van der Waals surface area (Å²) in [7, 11) is 0. The molecule has 24 heavy (non-hydrogen) atoms. The molecule has 1 heterocycles. The number of carbonyl (C=O) groups excluding carboxylic acids is 1. The van der Waals surface area contributed by atoms with Crippen molar-refractivity contribution in [3.63, 3.8) is 0 Å². The minimum absolute atomic E-state index is 0.00730. The first-order valence-corrected chi connectivity index (χ1v) is 8.05. The molecule has 1 aromatic rings. The lowest BCUT2D eigenvalue weighted by Gasteiger charge is -2.22. The van der Waals surface area contributed by atoms with Crippen LogP contribution in [0.25, 0.3) is 0 Å². The summed E-state index contributed by atoms with van der Waals surface area (Å²) in [6.07, 6.45) is -1.84. The van der Waals surface area contributed by atoms with Crippen molar-refractivity contribution in [2.24, 2.45) is 0 Å². The van der Waals surface area contributed by atoms with Crippen molar-refractivity contribution in [3.8, 4) is 0 Å². The fraction of sp³-hybridized carbons (Fsp3) is 0.500. The molecule has 0 spiro atoms. The molecule has 0 bridgehead atoms. The molecule has 0 saturated carbocycles. The van der Waals surface area contributed by atoms with Crippen molar-refractivity contribution >= 4 is 5.91 Å². The summed E-state index contributed by atoms with van der Waals surface area (Å²) >= 11 is 0. The molecule has 6 heteroatoms. The maximum absolute atomic E-state index is 12.8. The number of rotatable bonds is 4. The van der Waals surface area contributed by atoms with Crippen molar-refractivity contribution in [1.82, 2.24) is 9.80 Å². The van der Waals surface area contributed by atoms with Crippen molar-refractivity contribution in [3.05, 3.63) is 47.0 Å².